The van der Waals surface area contributed by atoms with Gasteiger partial charge in [-0.25, -0.2) is 0 Å². The summed E-state index contributed by atoms with van der Waals surface area (Å²) in [4.78, 5) is 4.19. The predicted octanol–water partition coefficient (Wildman–Crippen LogP) is 3.00. The van der Waals surface area contributed by atoms with Gasteiger partial charge in [0.05, 0.1) is 0 Å². The summed E-state index contributed by atoms with van der Waals surface area (Å²) in [6.07, 6.45) is 3.82. The maximum Gasteiger partial charge on any atom is 0.0115 e. The van der Waals surface area contributed by atoms with E-state index in [0.717, 1.165) is 5.92 Å². The molecule has 0 bridgehead atoms. The summed E-state index contributed by atoms with van der Waals surface area (Å²) in [6.45, 7) is 9.55. The van der Waals surface area contributed by atoms with Gasteiger partial charge in [-0.1, -0.05) is 13.0 Å². The molecule has 2 atom stereocenters. The maximum absolute atomic E-state index is 3.56. The van der Waals surface area contributed by atoms with E-state index in [1.807, 2.05) is 11.3 Å². The second kappa shape index (κ2) is 7.27. The third-order valence-corrected chi connectivity index (χ3v) is 4.78. The van der Waals surface area contributed by atoms with Gasteiger partial charge in [0.15, 0.2) is 0 Å². The lowest BCUT2D eigenvalue weighted by Gasteiger charge is -2.24. The molecule has 1 saturated heterocycles. The molecule has 0 spiro atoms. The third kappa shape index (κ3) is 4.08. The Bertz CT molecular complexity index is 323. The van der Waals surface area contributed by atoms with E-state index in [9.17, 15) is 0 Å². The molecule has 1 fully saturated rings. The lowest BCUT2D eigenvalue weighted by molar-refractivity contribution is 0.248. The van der Waals surface area contributed by atoms with Gasteiger partial charge in [-0.3, -0.25) is 4.90 Å². The quantitative estimate of drug-likeness (QED) is 0.763. The lowest BCUT2D eigenvalue weighted by atomic mass is 10.1. The number of rotatable bonds is 7. The Balaban J connectivity index is 1.71. The summed E-state index contributed by atoms with van der Waals surface area (Å²) in [5.74, 6) is 0.863. The average Bonchev–Trinajstić information content (AvgIpc) is 3.00. The maximum atomic E-state index is 3.56. The first-order valence-electron chi connectivity index (χ1n) is 7.26. The molecule has 1 aliphatic heterocycles. The first-order valence-corrected chi connectivity index (χ1v) is 8.14. The van der Waals surface area contributed by atoms with Crippen LogP contribution in [0.1, 0.15) is 31.6 Å². The molecule has 1 aromatic rings. The van der Waals surface area contributed by atoms with Crippen LogP contribution in [0.2, 0.25) is 0 Å². The topological polar surface area (TPSA) is 15.3 Å². The summed E-state index contributed by atoms with van der Waals surface area (Å²) >= 11 is 1.89. The Morgan fingerprint density at radius 2 is 2.44 bits per heavy atom. The molecule has 18 heavy (non-hydrogen) atoms. The minimum absolute atomic E-state index is 0.694. The molecular formula is C15H26N2S. The van der Waals surface area contributed by atoms with Gasteiger partial charge in [0.2, 0.25) is 0 Å². The van der Waals surface area contributed by atoms with Crippen LogP contribution in [0.25, 0.3) is 0 Å². The summed E-state index contributed by atoms with van der Waals surface area (Å²) in [5, 5.41) is 5.74. The van der Waals surface area contributed by atoms with Crippen molar-refractivity contribution in [2.45, 2.75) is 39.2 Å². The first-order chi connectivity index (χ1) is 8.79. The van der Waals surface area contributed by atoms with Gasteiger partial charge >= 0.3 is 0 Å². The molecule has 0 aromatic carbocycles. The van der Waals surface area contributed by atoms with Crippen LogP contribution < -0.4 is 5.32 Å². The molecule has 0 aliphatic carbocycles. The highest BCUT2D eigenvalue weighted by atomic mass is 32.1. The number of thiophene rings is 1. The Kier molecular flexibility index (Phi) is 5.67. The van der Waals surface area contributed by atoms with Crippen LogP contribution in [-0.2, 0) is 6.42 Å². The van der Waals surface area contributed by atoms with Crippen molar-refractivity contribution in [1.29, 1.82) is 0 Å². The largest absolute Gasteiger partial charge is 0.316 e. The van der Waals surface area contributed by atoms with E-state index in [0.29, 0.717) is 6.04 Å². The van der Waals surface area contributed by atoms with Crippen molar-refractivity contribution >= 4 is 11.3 Å². The molecule has 102 valence electrons. The molecule has 1 aromatic heterocycles. The molecule has 2 nitrogen and oxygen atoms in total. The molecular weight excluding hydrogens is 240 g/mol. The van der Waals surface area contributed by atoms with Gasteiger partial charge < -0.3 is 5.32 Å². The van der Waals surface area contributed by atoms with Crippen molar-refractivity contribution in [3.8, 4) is 0 Å². The summed E-state index contributed by atoms with van der Waals surface area (Å²) in [5.41, 5.74) is 0. The molecule has 0 radical (unpaired) electrons. The first kappa shape index (κ1) is 14.0. The third-order valence-electron chi connectivity index (χ3n) is 3.88. The molecule has 2 heterocycles. The van der Waals surface area contributed by atoms with E-state index in [4.69, 9.17) is 0 Å². The second-order valence-electron chi connectivity index (χ2n) is 5.49. The SMILES string of the molecule is CCCNCC1CCN(C(C)Cc2cccs2)C1. The molecule has 1 aliphatic rings. The number of nitrogens with one attached hydrogen (secondary N) is 1. The minimum atomic E-state index is 0.694. The van der Waals surface area contributed by atoms with Crippen molar-refractivity contribution in [1.82, 2.24) is 10.2 Å². The molecule has 1 N–H and O–H groups in total. The van der Waals surface area contributed by atoms with E-state index >= 15 is 0 Å². The fourth-order valence-electron chi connectivity index (χ4n) is 2.76. The zero-order valence-electron chi connectivity index (χ0n) is 11.7. The van der Waals surface area contributed by atoms with Crippen molar-refractivity contribution in [2.24, 2.45) is 5.92 Å². The lowest BCUT2D eigenvalue weighted by Crippen LogP contribution is -2.34. The zero-order valence-corrected chi connectivity index (χ0v) is 12.5. The van der Waals surface area contributed by atoms with Gasteiger partial charge in [-0.15, -0.1) is 11.3 Å². The molecule has 0 saturated carbocycles. The fourth-order valence-corrected chi connectivity index (χ4v) is 3.59. The van der Waals surface area contributed by atoms with Gasteiger partial charge in [-0.05, 0) is 63.2 Å². The second-order valence-corrected chi connectivity index (χ2v) is 6.52. The van der Waals surface area contributed by atoms with Crippen LogP contribution in [0.4, 0.5) is 0 Å². The van der Waals surface area contributed by atoms with E-state index < -0.39 is 0 Å². The van der Waals surface area contributed by atoms with Gasteiger partial charge in [0, 0.05) is 17.5 Å². The highest BCUT2D eigenvalue weighted by molar-refractivity contribution is 7.09. The van der Waals surface area contributed by atoms with Gasteiger partial charge in [0.25, 0.3) is 0 Å². The van der Waals surface area contributed by atoms with Crippen LogP contribution in [-0.4, -0.2) is 37.1 Å². The van der Waals surface area contributed by atoms with E-state index in [-0.39, 0.29) is 0 Å². The highest BCUT2D eigenvalue weighted by Crippen LogP contribution is 2.21. The highest BCUT2D eigenvalue weighted by Gasteiger charge is 2.25. The Morgan fingerprint density at radius 3 is 3.17 bits per heavy atom. The van der Waals surface area contributed by atoms with Crippen LogP contribution >= 0.6 is 11.3 Å². The average molecular weight is 266 g/mol. The minimum Gasteiger partial charge on any atom is -0.316 e. The number of nitrogens with zero attached hydrogens (tertiary/aromatic N) is 1. The van der Waals surface area contributed by atoms with Gasteiger partial charge in [-0.2, -0.15) is 0 Å². The zero-order chi connectivity index (χ0) is 12.8. The number of likely N-dealkylation sites (tertiary alicyclic amines) is 1. The number of hydrogen-bond acceptors (Lipinski definition) is 3. The Morgan fingerprint density at radius 1 is 1.56 bits per heavy atom. The molecule has 3 heteroatoms. The van der Waals surface area contributed by atoms with Crippen LogP contribution in [0, 0.1) is 5.92 Å². The Labute approximate surface area is 115 Å². The van der Waals surface area contributed by atoms with E-state index in [1.54, 1.807) is 0 Å². The van der Waals surface area contributed by atoms with E-state index in [2.05, 4.69) is 41.6 Å². The summed E-state index contributed by atoms with van der Waals surface area (Å²) < 4.78 is 0. The van der Waals surface area contributed by atoms with Crippen LogP contribution in [0.15, 0.2) is 17.5 Å². The standard InChI is InChI=1S/C15H26N2S/c1-3-7-16-11-14-6-8-17(12-14)13(2)10-15-5-4-9-18-15/h4-5,9,13-14,16H,3,6-8,10-12H2,1-2H3. The Hall–Kier alpha value is -0.380. The van der Waals surface area contributed by atoms with Crippen LogP contribution in [0.5, 0.6) is 0 Å². The summed E-state index contributed by atoms with van der Waals surface area (Å²) in [7, 11) is 0. The monoisotopic (exact) mass is 266 g/mol. The smallest absolute Gasteiger partial charge is 0.0115 e. The molecule has 2 rings (SSSR count). The predicted molar refractivity (Wildman–Crippen MR) is 80.3 cm³/mol. The number of hydrogen-bond donors (Lipinski definition) is 1. The summed E-state index contributed by atoms with van der Waals surface area (Å²) in [6, 6.07) is 5.12. The molecule has 2 unspecified atom stereocenters. The van der Waals surface area contributed by atoms with Crippen molar-refractivity contribution < 1.29 is 0 Å². The van der Waals surface area contributed by atoms with Crippen molar-refractivity contribution in [2.75, 3.05) is 26.2 Å². The van der Waals surface area contributed by atoms with Crippen molar-refractivity contribution in [3.05, 3.63) is 22.4 Å². The van der Waals surface area contributed by atoms with Crippen molar-refractivity contribution in [3.63, 3.8) is 0 Å². The normalized spacial score (nSPS) is 22.4. The fraction of sp³-hybridized carbons (Fsp3) is 0.733. The van der Waals surface area contributed by atoms with Crippen LogP contribution in [0.3, 0.4) is 0 Å². The van der Waals surface area contributed by atoms with E-state index in [1.165, 1.54) is 50.3 Å². The molecule has 0 amide bonds. The van der Waals surface area contributed by atoms with Gasteiger partial charge in [0.1, 0.15) is 0 Å².